The van der Waals surface area contributed by atoms with Crippen LogP contribution in [0.3, 0.4) is 0 Å². The van der Waals surface area contributed by atoms with Crippen LogP contribution in [-0.2, 0) is 19.6 Å². The molecule has 0 saturated carbocycles. The Morgan fingerprint density at radius 1 is 1.18 bits per heavy atom. The Balaban J connectivity index is 2.45. The van der Waals surface area contributed by atoms with Gasteiger partial charge in [0.1, 0.15) is 16.3 Å². The van der Waals surface area contributed by atoms with Crippen LogP contribution in [0.25, 0.3) is 0 Å². The number of ether oxygens (including phenoxy) is 1. The first-order valence-corrected chi connectivity index (χ1v) is 9.93. The number of aromatic hydroxyl groups is 1. The maximum absolute atomic E-state index is 12.7. The Labute approximate surface area is 166 Å². The van der Waals surface area contributed by atoms with Crippen molar-refractivity contribution >= 4 is 38.7 Å². The number of halogens is 1. The monoisotopic (exact) mass is 433 g/mol. The van der Waals surface area contributed by atoms with Gasteiger partial charge in [0.25, 0.3) is 20.9 Å². The molecule has 0 bridgehead atoms. The maximum atomic E-state index is 12.7. The molecule has 3 N–H and O–H groups in total. The van der Waals surface area contributed by atoms with Gasteiger partial charge in [-0.1, -0.05) is 16.1 Å². The first-order valence-electron chi connectivity index (χ1n) is 8.12. The van der Waals surface area contributed by atoms with Gasteiger partial charge in [-0.15, -0.1) is 0 Å². The number of methoxy groups -OCH3 is 1. The Morgan fingerprint density at radius 3 is 2.39 bits per heavy atom. The lowest BCUT2D eigenvalue weighted by molar-refractivity contribution is -0.0443. The Bertz CT molecular complexity index is 1030. The van der Waals surface area contributed by atoms with Crippen LogP contribution < -0.4 is 21.5 Å². The van der Waals surface area contributed by atoms with E-state index in [1.807, 2.05) is 0 Å². The number of hydrogen-bond acceptors (Lipinski definition) is 9. The van der Waals surface area contributed by atoms with Gasteiger partial charge < -0.3 is 20.5 Å². The number of hydroxylamine groups is 1. The number of nitrogens with zero attached hydrogens (tertiary/aromatic N) is 1. The fourth-order valence-corrected chi connectivity index (χ4v) is 4.34. The minimum Gasteiger partial charge on any atom is -0.504 e. The van der Waals surface area contributed by atoms with Gasteiger partial charge in [-0.2, -0.15) is 0 Å². The Hall–Kier alpha value is -2.18. The van der Waals surface area contributed by atoms with Crippen molar-refractivity contribution in [3.63, 3.8) is 0 Å². The second-order valence-electron chi connectivity index (χ2n) is 5.53. The van der Waals surface area contributed by atoms with E-state index in [4.69, 9.17) is 21.2 Å². The number of nitrogens with one attached hydrogen (secondary N) is 2. The topological polar surface area (TPSA) is 134 Å². The largest absolute Gasteiger partial charge is 0.504 e. The molecule has 0 aliphatic carbocycles. The van der Waals surface area contributed by atoms with Crippen molar-refractivity contribution in [3.05, 3.63) is 37.6 Å². The van der Waals surface area contributed by atoms with Crippen molar-refractivity contribution in [2.75, 3.05) is 44.5 Å². The van der Waals surface area contributed by atoms with Crippen molar-refractivity contribution in [2.45, 2.75) is 11.8 Å². The highest BCUT2D eigenvalue weighted by Crippen LogP contribution is 2.39. The molecule has 0 heterocycles. The molecule has 0 unspecified atom stereocenters. The van der Waals surface area contributed by atoms with Crippen LogP contribution in [0.5, 0.6) is 5.75 Å². The molecular weight excluding hydrogens is 414 g/mol. The van der Waals surface area contributed by atoms with Crippen molar-refractivity contribution in [2.24, 2.45) is 0 Å². The van der Waals surface area contributed by atoms with Crippen LogP contribution in [0.15, 0.2) is 26.6 Å². The third-order valence-electron chi connectivity index (χ3n) is 3.85. The van der Waals surface area contributed by atoms with Gasteiger partial charge in [-0.3, -0.25) is 14.4 Å². The molecule has 28 heavy (non-hydrogen) atoms. The summed E-state index contributed by atoms with van der Waals surface area (Å²) in [6, 6.07) is 2.53. The molecule has 0 aliphatic rings. The Kier molecular flexibility index (Phi) is 7.01. The van der Waals surface area contributed by atoms with E-state index in [1.54, 1.807) is 0 Å². The zero-order valence-electron chi connectivity index (χ0n) is 15.4. The van der Waals surface area contributed by atoms with Crippen molar-refractivity contribution in [1.29, 1.82) is 0 Å². The van der Waals surface area contributed by atoms with Crippen molar-refractivity contribution in [3.8, 4) is 5.75 Å². The van der Waals surface area contributed by atoms with E-state index < -0.39 is 31.5 Å². The molecule has 0 atom stereocenters. The second-order valence-corrected chi connectivity index (χ2v) is 7.70. The van der Waals surface area contributed by atoms with E-state index in [1.165, 1.54) is 26.2 Å². The van der Waals surface area contributed by atoms with Gasteiger partial charge >= 0.3 is 0 Å². The van der Waals surface area contributed by atoms with Crippen LogP contribution in [0.1, 0.15) is 6.92 Å². The standard InChI is InChI=1S/C16H20ClN3O7S/c1-4-20(27-3)28(24,25)16-9(17)5-6-10(13(16)21)19-12-11(14(22)15(12)23)18-7-8-26-2/h5-6,18-19,21H,4,7-8H2,1-3H3. The molecule has 2 aromatic carbocycles. The van der Waals surface area contributed by atoms with E-state index in [-0.39, 0.29) is 35.2 Å². The SMILES string of the molecule is CCN(OC)S(=O)(=O)c1c(Cl)ccc(Nc2c(NCCOC)c(=O)c2=O)c1O. The molecule has 0 fully saturated rings. The third-order valence-corrected chi connectivity index (χ3v) is 6.15. The summed E-state index contributed by atoms with van der Waals surface area (Å²) in [6.07, 6.45) is 0. The Morgan fingerprint density at radius 2 is 1.82 bits per heavy atom. The molecule has 0 aliphatic heterocycles. The predicted octanol–water partition coefficient (Wildman–Crippen LogP) is 1.02. The van der Waals surface area contributed by atoms with Crippen molar-refractivity contribution in [1.82, 2.24) is 4.47 Å². The molecule has 0 saturated heterocycles. The fourth-order valence-electron chi connectivity index (χ4n) is 2.48. The quantitative estimate of drug-likeness (QED) is 0.217. The third kappa shape index (κ3) is 3.98. The zero-order valence-corrected chi connectivity index (χ0v) is 17.0. The lowest BCUT2D eigenvalue weighted by atomic mass is 10.1. The normalized spacial score (nSPS) is 11.9. The van der Waals surface area contributed by atoms with Gasteiger partial charge in [-0.25, -0.2) is 8.42 Å². The van der Waals surface area contributed by atoms with Gasteiger partial charge in [0.2, 0.25) is 0 Å². The van der Waals surface area contributed by atoms with Crippen LogP contribution in [0.2, 0.25) is 5.02 Å². The summed E-state index contributed by atoms with van der Waals surface area (Å²) in [4.78, 5) is 27.8. The minimum atomic E-state index is -4.28. The summed E-state index contributed by atoms with van der Waals surface area (Å²) < 4.78 is 30.9. The summed E-state index contributed by atoms with van der Waals surface area (Å²) in [7, 11) is -1.63. The van der Waals surface area contributed by atoms with E-state index in [0.717, 1.165) is 7.11 Å². The van der Waals surface area contributed by atoms with Crippen LogP contribution >= 0.6 is 11.6 Å². The number of hydrogen-bond donors (Lipinski definition) is 3. The molecule has 0 amide bonds. The number of rotatable bonds is 10. The summed E-state index contributed by atoms with van der Waals surface area (Å²) in [5, 5.41) is 15.6. The number of sulfonamides is 1. The second kappa shape index (κ2) is 8.88. The fraction of sp³-hybridized carbons (Fsp3) is 0.375. The van der Waals surface area contributed by atoms with Crippen LogP contribution in [-0.4, -0.2) is 51.9 Å². The van der Waals surface area contributed by atoms with E-state index in [2.05, 4.69) is 10.6 Å². The lowest BCUT2D eigenvalue weighted by Crippen LogP contribution is -2.37. The summed E-state index contributed by atoms with van der Waals surface area (Å²) in [6.45, 7) is 2.09. The van der Waals surface area contributed by atoms with Crippen LogP contribution in [0.4, 0.5) is 17.1 Å². The minimum absolute atomic E-state index is 0.0212. The molecule has 154 valence electrons. The van der Waals surface area contributed by atoms with Gasteiger partial charge in [0.15, 0.2) is 5.75 Å². The van der Waals surface area contributed by atoms with Gasteiger partial charge in [0.05, 0.1) is 24.4 Å². The molecule has 0 spiro atoms. The smallest absolute Gasteiger partial charge is 0.270 e. The molecule has 10 nitrogen and oxygen atoms in total. The van der Waals surface area contributed by atoms with E-state index >= 15 is 0 Å². The molecule has 2 aromatic rings. The predicted molar refractivity (Wildman–Crippen MR) is 105 cm³/mol. The average Bonchev–Trinajstić information content (AvgIpc) is 2.65. The lowest BCUT2D eigenvalue weighted by Gasteiger charge is -2.21. The first-order chi connectivity index (χ1) is 13.2. The molecule has 0 radical (unpaired) electrons. The molecule has 0 aromatic heterocycles. The van der Waals surface area contributed by atoms with E-state index in [9.17, 15) is 23.1 Å². The van der Waals surface area contributed by atoms with E-state index in [0.29, 0.717) is 11.1 Å². The average molecular weight is 434 g/mol. The van der Waals surface area contributed by atoms with Crippen LogP contribution in [0, 0.1) is 0 Å². The molecule has 2 rings (SSSR count). The highest BCUT2D eigenvalue weighted by molar-refractivity contribution is 7.89. The first kappa shape index (κ1) is 22.1. The number of phenolic OH excluding ortho intramolecular Hbond substituents is 1. The number of phenols is 1. The summed E-state index contributed by atoms with van der Waals surface area (Å²) in [5.41, 5.74) is -1.71. The van der Waals surface area contributed by atoms with Gasteiger partial charge in [-0.05, 0) is 19.1 Å². The summed E-state index contributed by atoms with van der Waals surface area (Å²) in [5.74, 6) is -0.709. The zero-order chi connectivity index (χ0) is 21.1. The van der Waals surface area contributed by atoms with Gasteiger partial charge in [0, 0.05) is 20.2 Å². The highest BCUT2D eigenvalue weighted by Gasteiger charge is 2.31. The van der Waals surface area contributed by atoms with Crippen molar-refractivity contribution < 1.29 is 23.1 Å². The summed E-state index contributed by atoms with van der Waals surface area (Å²) >= 11 is 5.98. The molecule has 12 heteroatoms. The number of anilines is 3. The molecular formula is C16H20ClN3O7S. The highest BCUT2D eigenvalue weighted by atomic mass is 35.5. The maximum Gasteiger partial charge on any atom is 0.270 e. The number of benzene rings is 1.